The molecule has 0 saturated heterocycles. The molecule has 0 amide bonds. The first-order valence-corrected chi connectivity index (χ1v) is 7.88. The van der Waals surface area contributed by atoms with E-state index in [-0.39, 0.29) is 0 Å². The van der Waals surface area contributed by atoms with Gasteiger partial charge >= 0.3 is 0 Å². The molecule has 1 aromatic heterocycles. The van der Waals surface area contributed by atoms with Crippen molar-refractivity contribution in [1.82, 2.24) is 9.66 Å². The third kappa shape index (κ3) is 4.87. The number of hydrogen-bond acceptors (Lipinski definition) is 5. The third-order valence-electron chi connectivity index (χ3n) is 3.16. The van der Waals surface area contributed by atoms with E-state index in [9.17, 15) is 0 Å². The Morgan fingerprint density at radius 1 is 1.29 bits per heavy atom. The average Bonchev–Trinajstić information content (AvgIpc) is 2.85. The molecule has 0 saturated carbocycles. The first-order valence-electron chi connectivity index (χ1n) is 7.88. The Labute approximate surface area is 142 Å². The average molecular weight is 328 g/mol. The molecular weight excluding hydrogens is 304 g/mol. The van der Waals surface area contributed by atoms with Crippen LogP contribution in [0.1, 0.15) is 32.0 Å². The maximum absolute atomic E-state index is 5.77. The fraction of sp³-hybridized carbons (Fsp3) is 0.333. The van der Waals surface area contributed by atoms with Crippen LogP contribution in [0.25, 0.3) is 0 Å². The van der Waals surface area contributed by atoms with Gasteiger partial charge in [0, 0.05) is 0 Å². The van der Waals surface area contributed by atoms with Crippen LogP contribution in [0.5, 0.6) is 11.5 Å². The number of aromatic nitrogens is 2. The summed E-state index contributed by atoms with van der Waals surface area (Å²) in [6.45, 7) is 8.96. The van der Waals surface area contributed by atoms with E-state index in [1.165, 1.54) is 10.2 Å². The molecule has 0 atom stereocenters. The third-order valence-corrected chi connectivity index (χ3v) is 3.16. The van der Waals surface area contributed by atoms with Crippen LogP contribution in [0.4, 0.5) is 5.95 Å². The molecule has 2 rings (SSSR count). The number of hydrogen-bond donors (Lipinski definition) is 1. The SMILES string of the molecule is CCOc1cc(C=Nn2cc(C)nc2N)ccc1OCC=C(C)C. The molecule has 0 spiro atoms. The summed E-state index contributed by atoms with van der Waals surface area (Å²) in [4.78, 5) is 4.11. The standard InChI is InChI=1S/C18H24N4O2/c1-5-23-17-10-15(6-7-16(17)24-9-8-13(2)3)11-20-22-12-14(4)21-18(22)19/h6-8,10-12H,5,9H2,1-4H3,(H2,19,21). The van der Waals surface area contributed by atoms with Crippen molar-refractivity contribution in [3.05, 3.63) is 47.3 Å². The molecular formula is C18H24N4O2. The summed E-state index contributed by atoms with van der Waals surface area (Å²) in [6.07, 6.45) is 5.50. The summed E-state index contributed by atoms with van der Waals surface area (Å²) in [5.41, 5.74) is 8.70. The molecule has 0 aliphatic carbocycles. The Kier molecular flexibility index (Phi) is 6.01. The first kappa shape index (κ1) is 17.6. The molecule has 24 heavy (non-hydrogen) atoms. The summed E-state index contributed by atoms with van der Waals surface area (Å²) in [5, 5.41) is 4.31. The van der Waals surface area contributed by atoms with E-state index in [2.05, 4.69) is 10.1 Å². The fourth-order valence-corrected chi connectivity index (χ4v) is 2.02. The van der Waals surface area contributed by atoms with E-state index in [1.54, 1.807) is 12.4 Å². The number of nitrogen functional groups attached to an aromatic ring is 1. The maximum Gasteiger partial charge on any atom is 0.221 e. The number of anilines is 1. The Morgan fingerprint density at radius 2 is 2.08 bits per heavy atom. The second-order valence-corrected chi connectivity index (χ2v) is 5.56. The Balaban J connectivity index is 2.18. The number of nitrogens with zero attached hydrogens (tertiary/aromatic N) is 3. The number of benzene rings is 1. The maximum atomic E-state index is 5.77. The quantitative estimate of drug-likeness (QED) is 0.624. The fourth-order valence-electron chi connectivity index (χ4n) is 2.02. The van der Waals surface area contributed by atoms with E-state index in [1.807, 2.05) is 52.0 Å². The van der Waals surface area contributed by atoms with Gasteiger partial charge in [0.15, 0.2) is 11.5 Å². The van der Waals surface area contributed by atoms with Gasteiger partial charge in [-0.05, 0) is 57.5 Å². The number of ether oxygens (including phenoxy) is 2. The van der Waals surface area contributed by atoms with Gasteiger partial charge in [-0.15, -0.1) is 0 Å². The molecule has 6 heteroatoms. The zero-order valence-electron chi connectivity index (χ0n) is 14.6. The van der Waals surface area contributed by atoms with Crippen LogP contribution in [0.2, 0.25) is 0 Å². The highest BCUT2D eigenvalue weighted by Crippen LogP contribution is 2.28. The molecule has 0 radical (unpaired) electrons. The van der Waals surface area contributed by atoms with Crippen LogP contribution >= 0.6 is 0 Å². The zero-order valence-corrected chi connectivity index (χ0v) is 14.6. The van der Waals surface area contributed by atoms with Crippen molar-refractivity contribution in [2.45, 2.75) is 27.7 Å². The van der Waals surface area contributed by atoms with Gasteiger partial charge in [-0.25, -0.2) is 9.66 Å². The van der Waals surface area contributed by atoms with Crippen LogP contribution < -0.4 is 15.2 Å². The summed E-state index contributed by atoms with van der Waals surface area (Å²) < 4.78 is 13.0. The second-order valence-electron chi connectivity index (χ2n) is 5.56. The van der Waals surface area contributed by atoms with E-state index in [4.69, 9.17) is 15.2 Å². The van der Waals surface area contributed by atoms with Crippen molar-refractivity contribution in [2.75, 3.05) is 18.9 Å². The summed E-state index contributed by atoms with van der Waals surface area (Å²) in [6, 6.07) is 5.70. The van der Waals surface area contributed by atoms with E-state index in [0.717, 1.165) is 11.3 Å². The normalized spacial score (nSPS) is 10.8. The van der Waals surface area contributed by atoms with Gasteiger partial charge in [0.25, 0.3) is 0 Å². The van der Waals surface area contributed by atoms with Crippen LogP contribution in [0.3, 0.4) is 0 Å². The van der Waals surface area contributed by atoms with Gasteiger partial charge in [-0.3, -0.25) is 0 Å². The second kappa shape index (κ2) is 8.19. The van der Waals surface area contributed by atoms with Gasteiger partial charge in [-0.2, -0.15) is 5.10 Å². The molecule has 2 N–H and O–H groups in total. The van der Waals surface area contributed by atoms with Gasteiger partial charge in [-0.1, -0.05) is 5.57 Å². The predicted molar refractivity (Wildman–Crippen MR) is 96.9 cm³/mol. The first-order chi connectivity index (χ1) is 11.5. The number of aryl methyl sites for hydroxylation is 1. The highest BCUT2D eigenvalue weighted by atomic mass is 16.5. The van der Waals surface area contributed by atoms with Crippen molar-refractivity contribution in [1.29, 1.82) is 0 Å². The number of rotatable bonds is 7. The summed E-state index contributed by atoms with van der Waals surface area (Å²) in [5.74, 6) is 1.76. The highest BCUT2D eigenvalue weighted by Gasteiger charge is 2.06. The Hall–Kier alpha value is -2.76. The minimum absolute atomic E-state index is 0.357. The van der Waals surface area contributed by atoms with Gasteiger partial charge in [0.05, 0.1) is 24.7 Å². The largest absolute Gasteiger partial charge is 0.490 e. The van der Waals surface area contributed by atoms with E-state index in [0.29, 0.717) is 30.7 Å². The molecule has 0 aliphatic rings. The predicted octanol–water partition coefficient (Wildman–Crippen LogP) is 3.40. The topological polar surface area (TPSA) is 74.7 Å². The van der Waals surface area contributed by atoms with Crippen LogP contribution in [-0.2, 0) is 0 Å². The molecule has 6 nitrogen and oxygen atoms in total. The highest BCUT2D eigenvalue weighted by molar-refractivity contribution is 5.81. The minimum Gasteiger partial charge on any atom is -0.490 e. The van der Waals surface area contributed by atoms with Crippen LogP contribution in [-0.4, -0.2) is 29.1 Å². The van der Waals surface area contributed by atoms with Gasteiger partial charge < -0.3 is 15.2 Å². The minimum atomic E-state index is 0.357. The lowest BCUT2D eigenvalue weighted by molar-refractivity contribution is 0.296. The lowest BCUT2D eigenvalue weighted by Gasteiger charge is -2.11. The zero-order chi connectivity index (χ0) is 17.5. The summed E-state index contributed by atoms with van der Waals surface area (Å²) in [7, 11) is 0. The Morgan fingerprint density at radius 3 is 2.71 bits per heavy atom. The lowest BCUT2D eigenvalue weighted by atomic mass is 10.2. The van der Waals surface area contributed by atoms with Crippen molar-refractivity contribution >= 4 is 12.2 Å². The van der Waals surface area contributed by atoms with E-state index >= 15 is 0 Å². The molecule has 0 unspecified atom stereocenters. The van der Waals surface area contributed by atoms with Crippen LogP contribution in [0, 0.1) is 6.92 Å². The monoisotopic (exact) mass is 328 g/mol. The molecule has 0 bridgehead atoms. The number of nitrogens with two attached hydrogens (primary N) is 1. The Bertz CT molecular complexity index is 743. The van der Waals surface area contributed by atoms with Gasteiger partial charge in [0.2, 0.25) is 5.95 Å². The smallest absolute Gasteiger partial charge is 0.221 e. The van der Waals surface area contributed by atoms with E-state index < -0.39 is 0 Å². The molecule has 1 aromatic carbocycles. The molecule has 0 fully saturated rings. The molecule has 2 aromatic rings. The lowest BCUT2D eigenvalue weighted by Crippen LogP contribution is -2.01. The summed E-state index contributed by atoms with van der Waals surface area (Å²) >= 11 is 0. The van der Waals surface area contributed by atoms with Crippen molar-refractivity contribution in [3.8, 4) is 11.5 Å². The van der Waals surface area contributed by atoms with Crippen molar-refractivity contribution < 1.29 is 9.47 Å². The van der Waals surface area contributed by atoms with Gasteiger partial charge in [0.1, 0.15) is 6.61 Å². The van der Waals surface area contributed by atoms with Crippen molar-refractivity contribution in [3.63, 3.8) is 0 Å². The van der Waals surface area contributed by atoms with Crippen molar-refractivity contribution in [2.24, 2.45) is 5.10 Å². The molecule has 0 aliphatic heterocycles. The number of imidazole rings is 1. The molecule has 128 valence electrons. The van der Waals surface area contributed by atoms with Crippen LogP contribution in [0.15, 0.2) is 41.1 Å². The number of allylic oxidation sites excluding steroid dienone is 1. The molecule has 1 heterocycles.